The van der Waals surface area contributed by atoms with Crippen molar-refractivity contribution in [3.05, 3.63) is 66.2 Å². The van der Waals surface area contributed by atoms with Crippen LogP contribution in [0.3, 0.4) is 0 Å². The highest BCUT2D eigenvalue weighted by Gasteiger charge is 2.17. The van der Waals surface area contributed by atoms with Gasteiger partial charge in [0.25, 0.3) is 0 Å². The molecular formula is C24H30. The Hall–Kier alpha value is -1.82. The molecule has 1 saturated carbocycles. The molecule has 0 amide bonds. The summed E-state index contributed by atoms with van der Waals surface area (Å²) >= 11 is 0. The van der Waals surface area contributed by atoms with E-state index in [4.69, 9.17) is 0 Å². The number of benzene rings is 2. The molecule has 0 aliphatic heterocycles. The molecule has 0 saturated heterocycles. The second kappa shape index (κ2) is 7.83. The van der Waals surface area contributed by atoms with Gasteiger partial charge in [0, 0.05) is 0 Å². The van der Waals surface area contributed by atoms with Crippen molar-refractivity contribution in [3.63, 3.8) is 0 Å². The molecule has 0 N–H and O–H groups in total. The summed E-state index contributed by atoms with van der Waals surface area (Å²) in [7, 11) is 0. The van der Waals surface area contributed by atoms with Crippen molar-refractivity contribution in [2.75, 3.05) is 0 Å². The van der Waals surface area contributed by atoms with Gasteiger partial charge in [-0.25, -0.2) is 0 Å². The monoisotopic (exact) mass is 318 g/mol. The Balaban J connectivity index is 1.64. The topological polar surface area (TPSA) is 0 Å². The highest BCUT2D eigenvalue weighted by molar-refractivity contribution is 5.69. The fourth-order valence-electron chi connectivity index (χ4n) is 3.84. The van der Waals surface area contributed by atoms with E-state index in [9.17, 15) is 0 Å². The summed E-state index contributed by atoms with van der Waals surface area (Å²) in [4.78, 5) is 0. The first-order valence-corrected chi connectivity index (χ1v) is 9.47. The largest absolute Gasteiger partial charge is 0.0955 e. The van der Waals surface area contributed by atoms with E-state index < -0.39 is 0 Å². The maximum atomic E-state index is 4.02. The summed E-state index contributed by atoms with van der Waals surface area (Å²) in [5.74, 6) is 1.89. The summed E-state index contributed by atoms with van der Waals surface area (Å²) in [5, 5.41) is 0. The second-order valence-corrected chi connectivity index (χ2v) is 7.72. The van der Waals surface area contributed by atoms with Crippen LogP contribution in [0.15, 0.2) is 55.1 Å². The van der Waals surface area contributed by atoms with Gasteiger partial charge >= 0.3 is 0 Å². The van der Waals surface area contributed by atoms with Crippen LogP contribution >= 0.6 is 0 Å². The molecule has 1 fully saturated rings. The van der Waals surface area contributed by atoms with Crippen LogP contribution in [0.2, 0.25) is 0 Å². The predicted molar refractivity (Wildman–Crippen MR) is 106 cm³/mol. The van der Waals surface area contributed by atoms with Crippen molar-refractivity contribution in [1.82, 2.24) is 0 Å². The minimum atomic E-state index is 0.944. The number of hydrogen-bond acceptors (Lipinski definition) is 0. The van der Waals surface area contributed by atoms with Gasteiger partial charge in [0.2, 0.25) is 0 Å². The lowest BCUT2D eigenvalue weighted by molar-refractivity contribution is 0.278. The normalized spacial score (nSPS) is 20.8. The maximum absolute atomic E-state index is 4.02. The zero-order valence-corrected chi connectivity index (χ0v) is 15.2. The third kappa shape index (κ3) is 4.38. The molecule has 0 nitrogen and oxygen atoms in total. The standard InChI is InChI=1S/C24H30/c1-18(2)22-13-15-23(16-14-22)24-6-4-5-21(17-24)12-11-20-9-7-19(3)8-10-20/h4-6,13-17,19-20H,1,7-12H2,2-3H3. The first kappa shape index (κ1) is 17.0. The lowest BCUT2D eigenvalue weighted by Gasteiger charge is -2.26. The Morgan fingerprint density at radius 3 is 2.33 bits per heavy atom. The highest BCUT2D eigenvalue weighted by atomic mass is 14.2. The molecule has 0 heteroatoms. The third-order valence-electron chi connectivity index (χ3n) is 5.61. The van der Waals surface area contributed by atoms with Crippen LogP contribution in [0.1, 0.15) is 57.1 Å². The second-order valence-electron chi connectivity index (χ2n) is 7.72. The van der Waals surface area contributed by atoms with Crippen LogP contribution in [0, 0.1) is 11.8 Å². The quantitative estimate of drug-likeness (QED) is 0.549. The maximum Gasteiger partial charge on any atom is -0.0181 e. The van der Waals surface area contributed by atoms with Gasteiger partial charge in [-0.15, -0.1) is 0 Å². The van der Waals surface area contributed by atoms with Crippen molar-refractivity contribution < 1.29 is 0 Å². The number of allylic oxidation sites excluding steroid dienone is 1. The fourth-order valence-corrected chi connectivity index (χ4v) is 3.84. The molecule has 1 aliphatic carbocycles. The minimum absolute atomic E-state index is 0.944. The van der Waals surface area contributed by atoms with Gasteiger partial charge in [0.15, 0.2) is 0 Å². The molecule has 0 unspecified atom stereocenters. The predicted octanol–water partition coefficient (Wildman–Crippen LogP) is 7.15. The Kier molecular flexibility index (Phi) is 5.56. The van der Waals surface area contributed by atoms with Crippen LogP contribution in [0.25, 0.3) is 16.7 Å². The molecule has 0 aromatic heterocycles. The van der Waals surface area contributed by atoms with Gasteiger partial charge in [0.05, 0.1) is 0 Å². The van der Waals surface area contributed by atoms with Crippen molar-refractivity contribution in [2.24, 2.45) is 11.8 Å². The Morgan fingerprint density at radius 1 is 0.958 bits per heavy atom. The van der Waals surface area contributed by atoms with Gasteiger partial charge in [-0.1, -0.05) is 93.3 Å². The molecule has 0 heterocycles. The van der Waals surface area contributed by atoms with E-state index in [0.29, 0.717) is 0 Å². The summed E-state index contributed by atoms with van der Waals surface area (Å²) in [6, 6.07) is 17.9. The number of rotatable bonds is 5. The molecule has 2 aromatic rings. The van der Waals surface area contributed by atoms with Crippen molar-refractivity contribution >= 4 is 5.57 Å². The molecule has 2 aromatic carbocycles. The van der Waals surface area contributed by atoms with Crippen molar-refractivity contribution in [3.8, 4) is 11.1 Å². The number of aryl methyl sites for hydroxylation is 1. The molecule has 3 rings (SSSR count). The van der Waals surface area contributed by atoms with E-state index in [-0.39, 0.29) is 0 Å². The zero-order valence-electron chi connectivity index (χ0n) is 15.2. The van der Waals surface area contributed by atoms with E-state index in [1.54, 1.807) is 0 Å². The lowest BCUT2D eigenvalue weighted by Crippen LogP contribution is -2.12. The summed E-state index contributed by atoms with van der Waals surface area (Å²) in [6.45, 7) is 8.47. The van der Waals surface area contributed by atoms with Gasteiger partial charge in [0.1, 0.15) is 0 Å². The first-order chi connectivity index (χ1) is 11.6. The Morgan fingerprint density at radius 2 is 1.67 bits per heavy atom. The zero-order chi connectivity index (χ0) is 16.9. The highest BCUT2D eigenvalue weighted by Crippen LogP contribution is 2.31. The van der Waals surface area contributed by atoms with Gasteiger partial charge in [-0.3, -0.25) is 0 Å². The molecule has 0 radical (unpaired) electrons. The SMILES string of the molecule is C=C(C)c1ccc(-c2cccc(CCC3CCC(C)CC3)c2)cc1. The smallest absolute Gasteiger partial charge is 0.0181 e. The Labute approximate surface area is 147 Å². The number of hydrogen-bond donors (Lipinski definition) is 0. The van der Waals surface area contributed by atoms with Gasteiger partial charge < -0.3 is 0 Å². The molecule has 126 valence electrons. The summed E-state index contributed by atoms with van der Waals surface area (Å²) in [5.41, 5.74) is 6.46. The van der Waals surface area contributed by atoms with Crippen LogP contribution in [0.4, 0.5) is 0 Å². The molecule has 0 spiro atoms. The summed E-state index contributed by atoms with van der Waals surface area (Å²) < 4.78 is 0. The van der Waals surface area contributed by atoms with E-state index in [0.717, 1.165) is 17.4 Å². The van der Waals surface area contributed by atoms with E-state index in [1.807, 2.05) is 0 Å². The van der Waals surface area contributed by atoms with Crippen LogP contribution in [-0.2, 0) is 6.42 Å². The third-order valence-corrected chi connectivity index (χ3v) is 5.61. The first-order valence-electron chi connectivity index (χ1n) is 9.47. The van der Waals surface area contributed by atoms with Crippen molar-refractivity contribution in [2.45, 2.75) is 52.4 Å². The Bertz CT molecular complexity index is 669. The van der Waals surface area contributed by atoms with Gasteiger partial charge in [-0.05, 0) is 53.9 Å². The average Bonchev–Trinajstić information content (AvgIpc) is 2.61. The van der Waals surface area contributed by atoms with E-state index >= 15 is 0 Å². The average molecular weight is 319 g/mol. The van der Waals surface area contributed by atoms with Crippen LogP contribution in [-0.4, -0.2) is 0 Å². The van der Waals surface area contributed by atoms with E-state index in [2.05, 4.69) is 69.0 Å². The van der Waals surface area contributed by atoms with E-state index in [1.165, 1.54) is 60.8 Å². The molecule has 0 bridgehead atoms. The molecular weight excluding hydrogens is 288 g/mol. The van der Waals surface area contributed by atoms with Crippen molar-refractivity contribution in [1.29, 1.82) is 0 Å². The minimum Gasteiger partial charge on any atom is -0.0955 e. The van der Waals surface area contributed by atoms with Crippen LogP contribution < -0.4 is 0 Å². The summed E-state index contributed by atoms with van der Waals surface area (Å²) in [6.07, 6.45) is 8.30. The molecule has 1 aliphatic rings. The van der Waals surface area contributed by atoms with Crippen LogP contribution in [0.5, 0.6) is 0 Å². The van der Waals surface area contributed by atoms with Gasteiger partial charge in [-0.2, -0.15) is 0 Å². The lowest BCUT2D eigenvalue weighted by atomic mass is 9.80. The molecule has 0 atom stereocenters. The molecule has 24 heavy (non-hydrogen) atoms. The fraction of sp³-hybridized carbons (Fsp3) is 0.417.